The van der Waals surface area contributed by atoms with Crippen molar-refractivity contribution in [2.75, 3.05) is 12.0 Å². The lowest BCUT2D eigenvalue weighted by Crippen LogP contribution is -2.31. The van der Waals surface area contributed by atoms with Crippen LogP contribution in [0.3, 0.4) is 0 Å². The summed E-state index contributed by atoms with van der Waals surface area (Å²) in [6.45, 7) is 1.91. The summed E-state index contributed by atoms with van der Waals surface area (Å²) in [6.07, 6.45) is -2.92. The largest absolute Gasteiger partial charge is 0.416 e. The van der Waals surface area contributed by atoms with Crippen LogP contribution in [0.15, 0.2) is 60.8 Å². The molecule has 3 nitrogen and oxygen atoms in total. The number of aromatic amines is 1. The van der Waals surface area contributed by atoms with E-state index in [4.69, 9.17) is 0 Å². The topological polar surface area (TPSA) is 36.1 Å². The Hall–Kier alpha value is -2.35. The van der Waals surface area contributed by atoms with E-state index in [0.717, 1.165) is 23.0 Å². The van der Waals surface area contributed by atoms with Gasteiger partial charge in [-0.25, -0.2) is 4.39 Å². The third kappa shape index (κ3) is 6.88. The second-order valence-electron chi connectivity index (χ2n) is 6.40. The summed E-state index contributed by atoms with van der Waals surface area (Å²) in [5.41, 5.74) is 1.43. The molecular formula is C21H21BrF4N2O. The lowest BCUT2D eigenvalue weighted by molar-refractivity contribution is -0.137. The number of nitrogens with one attached hydrogen (secondary N) is 1. The molecule has 2 aromatic carbocycles. The first-order chi connectivity index (χ1) is 13.7. The van der Waals surface area contributed by atoms with E-state index < -0.39 is 17.9 Å². The first-order valence-electron chi connectivity index (χ1n) is 8.91. The van der Waals surface area contributed by atoms with Crippen molar-refractivity contribution in [2.45, 2.75) is 25.7 Å². The second-order valence-corrected chi connectivity index (χ2v) is 6.90. The van der Waals surface area contributed by atoms with Crippen LogP contribution in [0.5, 0.6) is 0 Å². The van der Waals surface area contributed by atoms with E-state index in [9.17, 15) is 22.4 Å². The number of fused-ring (bicyclic) bond motifs is 1. The third-order valence-electron chi connectivity index (χ3n) is 4.13. The van der Waals surface area contributed by atoms with Gasteiger partial charge < -0.3 is 9.88 Å². The maximum atomic E-state index is 12.9. The smallest absolute Gasteiger partial charge is 0.361 e. The molecule has 1 atom stereocenters. The summed E-state index contributed by atoms with van der Waals surface area (Å²) in [4.78, 5) is 17.0. The number of nitrogens with zero attached hydrogens (tertiary/aromatic N) is 1. The number of aromatic nitrogens is 1. The first kappa shape index (κ1) is 22.9. The summed E-state index contributed by atoms with van der Waals surface area (Å²) in [5.74, 6) is -0.0828. The molecule has 1 aromatic heterocycles. The fourth-order valence-electron chi connectivity index (χ4n) is 2.55. The Morgan fingerprint density at radius 2 is 1.83 bits per heavy atom. The zero-order valence-electron chi connectivity index (χ0n) is 15.7. The van der Waals surface area contributed by atoms with Gasteiger partial charge in [0.15, 0.2) is 0 Å². The van der Waals surface area contributed by atoms with Crippen molar-refractivity contribution in [3.05, 3.63) is 71.9 Å². The normalized spacial score (nSPS) is 12.2. The average molecular weight is 473 g/mol. The molecule has 1 heterocycles. The van der Waals surface area contributed by atoms with E-state index >= 15 is 0 Å². The molecule has 1 N–H and O–H groups in total. The monoisotopic (exact) mass is 472 g/mol. The maximum Gasteiger partial charge on any atom is 0.416 e. The van der Waals surface area contributed by atoms with Gasteiger partial charge in [-0.15, -0.1) is 0 Å². The Bertz CT molecular complexity index is 910. The van der Waals surface area contributed by atoms with Gasteiger partial charge in [-0.3, -0.25) is 4.79 Å². The number of hydrogen-bond donors (Lipinski definition) is 1. The molecule has 0 aliphatic carbocycles. The molecule has 0 radical (unpaired) electrons. The van der Waals surface area contributed by atoms with E-state index in [1.807, 2.05) is 24.4 Å². The van der Waals surface area contributed by atoms with Gasteiger partial charge in [0.1, 0.15) is 0 Å². The Morgan fingerprint density at radius 1 is 1.14 bits per heavy atom. The molecule has 1 unspecified atom stereocenters. The van der Waals surface area contributed by atoms with Crippen LogP contribution >= 0.6 is 15.9 Å². The van der Waals surface area contributed by atoms with Crippen molar-refractivity contribution >= 4 is 32.7 Å². The molecule has 0 aliphatic heterocycles. The zero-order chi connectivity index (χ0) is 21.4. The van der Waals surface area contributed by atoms with Crippen LogP contribution in [0.4, 0.5) is 17.6 Å². The van der Waals surface area contributed by atoms with E-state index in [1.54, 1.807) is 17.0 Å². The van der Waals surface area contributed by atoms with Gasteiger partial charge >= 0.3 is 6.18 Å². The number of amides is 1. The van der Waals surface area contributed by atoms with Crippen LogP contribution in [0.25, 0.3) is 10.9 Å². The van der Waals surface area contributed by atoms with E-state index in [0.29, 0.717) is 24.0 Å². The summed E-state index contributed by atoms with van der Waals surface area (Å²) >= 11 is 3.28. The molecule has 156 valence electrons. The highest BCUT2D eigenvalue weighted by Gasteiger charge is 2.29. The van der Waals surface area contributed by atoms with Gasteiger partial charge in [-0.1, -0.05) is 46.3 Å². The molecule has 0 fully saturated rings. The van der Waals surface area contributed by atoms with Gasteiger partial charge in [0.25, 0.3) is 5.91 Å². The van der Waals surface area contributed by atoms with Gasteiger partial charge in [-0.05, 0) is 37.6 Å². The number of halogens is 5. The van der Waals surface area contributed by atoms with Crippen LogP contribution in [0.2, 0.25) is 0 Å². The number of rotatable bonds is 5. The van der Waals surface area contributed by atoms with Crippen molar-refractivity contribution in [3.8, 4) is 0 Å². The number of benzene rings is 2. The molecular weight excluding hydrogens is 452 g/mol. The van der Waals surface area contributed by atoms with Crippen LogP contribution in [-0.2, 0) is 6.18 Å². The molecule has 0 saturated heterocycles. The standard InChI is InChI=1S/C14H16BrFN2O.C7H5F3/c1-10(16)5-7-18(9-15)14(19)12-2-3-13-11(8-12)4-6-17-13;8-7(9,10)6-4-2-1-3-5-6/h2-4,6,8,10,17H,5,7,9H2,1H3;1-5H. The van der Waals surface area contributed by atoms with Gasteiger partial charge in [-0.2, -0.15) is 13.2 Å². The number of H-pyrrole nitrogens is 1. The van der Waals surface area contributed by atoms with Gasteiger partial charge in [0.2, 0.25) is 0 Å². The second kappa shape index (κ2) is 10.4. The Balaban J connectivity index is 0.000000253. The predicted octanol–water partition coefficient (Wildman–Crippen LogP) is 6.42. The van der Waals surface area contributed by atoms with E-state index in [2.05, 4.69) is 20.9 Å². The highest BCUT2D eigenvalue weighted by Crippen LogP contribution is 2.28. The van der Waals surface area contributed by atoms with Crippen LogP contribution < -0.4 is 0 Å². The number of hydrogen-bond acceptors (Lipinski definition) is 1. The molecule has 3 rings (SSSR count). The zero-order valence-corrected chi connectivity index (χ0v) is 17.3. The fraction of sp³-hybridized carbons (Fsp3) is 0.286. The molecule has 0 aliphatic rings. The number of carbonyl (C=O) groups is 1. The lowest BCUT2D eigenvalue weighted by Gasteiger charge is -2.20. The van der Waals surface area contributed by atoms with Crippen molar-refractivity contribution in [2.24, 2.45) is 0 Å². The molecule has 3 aromatic rings. The highest BCUT2D eigenvalue weighted by atomic mass is 79.9. The SMILES string of the molecule is CC(F)CCN(CBr)C(=O)c1ccc2[nH]ccc2c1.FC(F)(F)c1ccccc1. The minimum absolute atomic E-state index is 0.0828. The number of alkyl halides is 5. The minimum Gasteiger partial charge on any atom is -0.361 e. The van der Waals surface area contributed by atoms with Crippen molar-refractivity contribution in [3.63, 3.8) is 0 Å². The molecule has 0 bridgehead atoms. The summed E-state index contributed by atoms with van der Waals surface area (Å²) in [5, 5.41) is 0.999. The van der Waals surface area contributed by atoms with E-state index in [1.165, 1.54) is 19.1 Å². The molecule has 1 amide bonds. The quantitative estimate of drug-likeness (QED) is 0.259. The van der Waals surface area contributed by atoms with Crippen molar-refractivity contribution in [1.29, 1.82) is 0 Å². The van der Waals surface area contributed by atoms with Crippen LogP contribution in [0.1, 0.15) is 29.3 Å². The first-order valence-corrected chi connectivity index (χ1v) is 10.0. The van der Waals surface area contributed by atoms with E-state index in [-0.39, 0.29) is 5.91 Å². The lowest BCUT2D eigenvalue weighted by atomic mass is 10.1. The van der Waals surface area contributed by atoms with Crippen molar-refractivity contribution < 1.29 is 22.4 Å². The average Bonchev–Trinajstić information content (AvgIpc) is 3.16. The molecule has 0 saturated carbocycles. The summed E-state index contributed by atoms with van der Waals surface area (Å²) in [7, 11) is 0. The Kier molecular flexibility index (Phi) is 8.25. The fourth-order valence-corrected chi connectivity index (χ4v) is 3.02. The highest BCUT2D eigenvalue weighted by molar-refractivity contribution is 9.09. The maximum absolute atomic E-state index is 12.9. The van der Waals surface area contributed by atoms with Crippen molar-refractivity contribution in [1.82, 2.24) is 9.88 Å². The predicted molar refractivity (Wildman–Crippen MR) is 110 cm³/mol. The molecule has 29 heavy (non-hydrogen) atoms. The van der Waals surface area contributed by atoms with Gasteiger partial charge in [0.05, 0.1) is 17.2 Å². The summed E-state index contributed by atoms with van der Waals surface area (Å²) in [6, 6.07) is 13.8. The third-order valence-corrected chi connectivity index (χ3v) is 4.74. The molecule has 0 spiro atoms. The minimum atomic E-state index is -4.21. The summed E-state index contributed by atoms with van der Waals surface area (Å²) < 4.78 is 48.2. The van der Waals surface area contributed by atoms with Crippen LogP contribution in [-0.4, -0.2) is 34.0 Å². The van der Waals surface area contributed by atoms with Gasteiger partial charge in [0, 0.05) is 29.2 Å². The number of carbonyl (C=O) groups excluding carboxylic acids is 1. The Labute approximate surface area is 174 Å². The Morgan fingerprint density at radius 3 is 2.38 bits per heavy atom. The molecule has 8 heteroatoms. The van der Waals surface area contributed by atoms with Crippen LogP contribution in [0, 0.1) is 0 Å².